The molecule has 2 aromatic rings. The third kappa shape index (κ3) is 4.46. The van der Waals surface area contributed by atoms with Crippen molar-refractivity contribution in [3.8, 4) is 11.5 Å². The molecule has 1 aliphatic rings. The summed E-state index contributed by atoms with van der Waals surface area (Å²) < 4.78 is 12.4. The number of rotatable bonds is 5. The van der Waals surface area contributed by atoms with E-state index in [1.165, 1.54) is 12.8 Å². The van der Waals surface area contributed by atoms with E-state index in [9.17, 15) is 0 Å². The fourth-order valence-corrected chi connectivity index (χ4v) is 3.92. The molecule has 0 saturated carbocycles. The third-order valence-corrected chi connectivity index (χ3v) is 5.57. The Morgan fingerprint density at radius 2 is 1.84 bits per heavy atom. The van der Waals surface area contributed by atoms with Gasteiger partial charge in [-0.05, 0) is 58.6 Å². The van der Waals surface area contributed by atoms with E-state index >= 15 is 0 Å². The molecule has 1 heterocycles. The molecule has 132 valence electrons. The summed E-state index contributed by atoms with van der Waals surface area (Å²) in [7, 11) is 1.64. The summed E-state index contributed by atoms with van der Waals surface area (Å²) in [6, 6.07) is 11.5. The van der Waals surface area contributed by atoms with Crippen LogP contribution in [0.15, 0.2) is 40.9 Å². The van der Waals surface area contributed by atoms with Crippen LogP contribution < -0.4 is 9.47 Å². The van der Waals surface area contributed by atoms with E-state index in [0.29, 0.717) is 23.1 Å². The first-order valence-electron chi connectivity index (χ1n) is 8.12. The first-order valence-corrected chi connectivity index (χ1v) is 9.70. The molecule has 0 bridgehead atoms. The van der Waals surface area contributed by atoms with Gasteiger partial charge in [0.1, 0.15) is 11.6 Å². The molecule has 25 heavy (non-hydrogen) atoms. The second-order valence-corrected chi connectivity index (χ2v) is 7.57. The SMILES string of the molecule is COc1cc(C(=S)N2CCCC2)c(Br)cc1OCc1ccc(Cl)cc1. The van der Waals surface area contributed by atoms with Crippen LogP contribution in [-0.2, 0) is 6.61 Å². The topological polar surface area (TPSA) is 21.7 Å². The Kier molecular flexibility index (Phi) is 6.20. The Morgan fingerprint density at radius 3 is 2.48 bits per heavy atom. The Balaban J connectivity index is 1.79. The van der Waals surface area contributed by atoms with Crippen molar-refractivity contribution in [2.24, 2.45) is 0 Å². The summed E-state index contributed by atoms with van der Waals surface area (Å²) in [5.41, 5.74) is 2.01. The van der Waals surface area contributed by atoms with E-state index in [-0.39, 0.29) is 0 Å². The predicted molar refractivity (Wildman–Crippen MR) is 109 cm³/mol. The molecule has 0 N–H and O–H groups in total. The van der Waals surface area contributed by atoms with E-state index in [4.69, 9.17) is 33.3 Å². The molecule has 6 heteroatoms. The molecular weight excluding hydrogens is 422 g/mol. The maximum atomic E-state index is 5.94. The van der Waals surface area contributed by atoms with E-state index in [1.54, 1.807) is 7.11 Å². The van der Waals surface area contributed by atoms with Crippen molar-refractivity contribution in [3.63, 3.8) is 0 Å². The molecule has 1 fully saturated rings. The van der Waals surface area contributed by atoms with E-state index in [0.717, 1.165) is 33.7 Å². The molecule has 1 saturated heterocycles. The zero-order chi connectivity index (χ0) is 17.8. The number of methoxy groups -OCH3 is 1. The highest BCUT2D eigenvalue weighted by atomic mass is 79.9. The largest absolute Gasteiger partial charge is 0.493 e. The van der Waals surface area contributed by atoms with E-state index in [1.807, 2.05) is 36.4 Å². The summed E-state index contributed by atoms with van der Waals surface area (Å²) >= 11 is 15.2. The van der Waals surface area contributed by atoms with E-state index in [2.05, 4.69) is 20.8 Å². The molecule has 1 aliphatic heterocycles. The van der Waals surface area contributed by atoms with Crippen molar-refractivity contribution in [1.82, 2.24) is 4.90 Å². The van der Waals surface area contributed by atoms with Gasteiger partial charge in [0.25, 0.3) is 0 Å². The number of thiocarbonyl (C=S) groups is 1. The number of benzene rings is 2. The summed E-state index contributed by atoms with van der Waals surface area (Å²) in [5.74, 6) is 1.35. The zero-order valence-electron chi connectivity index (χ0n) is 13.9. The summed E-state index contributed by atoms with van der Waals surface area (Å²) in [4.78, 5) is 3.09. The molecular formula is C19H19BrClNO2S. The second-order valence-electron chi connectivity index (χ2n) is 5.90. The number of halogens is 2. The molecule has 2 aromatic carbocycles. The smallest absolute Gasteiger partial charge is 0.162 e. The predicted octanol–water partition coefficient (Wildman–Crippen LogP) is 5.46. The minimum absolute atomic E-state index is 0.440. The summed E-state index contributed by atoms with van der Waals surface area (Å²) in [5, 5.41) is 0.712. The minimum Gasteiger partial charge on any atom is -0.493 e. The highest BCUT2D eigenvalue weighted by molar-refractivity contribution is 9.10. The molecule has 0 unspecified atom stereocenters. The normalized spacial score (nSPS) is 13.8. The molecule has 0 aromatic heterocycles. The van der Waals surface area contributed by atoms with Crippen molar-refractivity contribution in [1.29, 1.82) is 0 Å². The maximum Gasteiger partial charge on any atom is 0.162 e. The highest BCUT2D eigenvalue weighted by Crippen LogP contribution is 2.35. The number of hydrogen-bond acceptors (Lipinski definition) is 3. The van der Waals surface area contributed by atoms with Crippen LogP contribution in [0.3, 0.4) is 0 Å². The van der Waals surface area contributed by atoms with Crippen LogP contribution in [0.4, 0.5) is 0 Å². The molecule has 3 nitrogen and oxygen atoms in total. The highest BCUT2D eigenvalue weighted by Gasteiger charge is 2.20. The molecule has 3 rings (SSSR count). The van der Waals surface area contributed by atoms with Gasteiger partial charge in [0.05, 0.1) is 7.11 Å². The first-order chi connectivity index (χ1) is 12.1. The Hall–Kier alpha value is -1.30. The van der Waals surface area contributed by atoms with Crippen molar-refractivity contribution in [3.05, 3.63) is 57.0 Å². The van der Waals surface area contributed by atoms with Crippen LogP contribution in [-0.4, -0.2) is 30.1 Å². The van der Waals surface area contributed by atoms with Gasteiger partial charge >= 0.3 is 0 Å². The van der Waals surface area contributed by atoms with Crippen molar-refractivity contribution in [2.45, 2.75) is 19.4 Å². The van der Waals surface area contributed by atoms with Crippen LogP contribution in [0.25, 0.3) is 0 Å². The third-order valence-electron chi connectivity index (χ3n) is 4.18. The average Bonchev–Trinajstić information content (AvgIpc) is 3.15. The fourth-order valence-electron chi connectivity index (χ4n) is 2.80. The molecule has 0 radical (unpaired) electrons. The van der Waals surface area contributed by atoms with Crippen molar-refractivity contribution in [2.75, 3.05) is 20.2 Å². The lowest BCUT2D eigenvalue weighted by Crippen LogP contribution is -2.27. The zero-order valence-corrected chi connectivity index (χ0v) is 17.1. The quantitative estimate of drug-likeness (QED) is 0.575. The minimum atomic E-state index is 0.440. The lowest BCUT2D eigenvalue weighted by Gasteiger charge is -2.21. The number of likely N-dealkylation sites (tertiary alicyclic amines) is 1. The second kappa shape index (κ2) is 8.39. The monoisotopic (exact) mass is 439 g/mol. The van der Waals surface area contributed by atoms with Crippen molar-refractivity contribution < 1.29 is 9.47 Å². The average molecular weight is 441 g/mol. The first kappa shape index (κ1) is 18.5. The lowest BCUT2D eigenvalue weighted by molar-refractivity contribution is 0.284. The Labute approximate surface area is 167 Å². The van der Waals surface area contributed by atoms with Crippen LogP contribution in [0.5, 0.6) is 11.5 Å². The standard InChI is InChI=1S/C19H19BrClNO2S/c1-23-17-10-15(19(25)22-8-2-3-9-22)16(20)11-18(17)24-12-13-4-6-14(21)7-5-13/h4-7,10-11H,2-3,8-9,12H2,1H3. The lowest BCUT2D eigenvalue weighted by atomic mass is 10.2. The van der Waals surface area contributed by atoms with Crippen LogP contribution in [0.1, 0.15) is 24.0 Å². The van der Waals surface area contributed by atoms with Crippen LogP contribution in [0.2, 0.25) is 5.02 Å². The Bertz CT molecular complexity index is 761. The maximum absolute atomic E-state index is 5.94. The van der Waals surface area contributed by atoms with Gasteiger partial charge in [-0.15, -0.1) is 0 Å². The fraction of sp³-hybridized carbons (Fsp3) is 0.316. The van der Waals surface area contributed by atoms with Gasteiger partial charge in [-0.1, -0.05) is 36.0 Å². The molecule has 0 aliphatic carbocycles. The summed E-state index contributed by atoms with van der Waals surface area (Å²) in [6.45, 7) is 2.47. The Morgan fingerprint density at radius 1 is 1.16 bits per heavy atom. The van der Waals surface area contributed by atoms with Gasteiger partial charge in [-0.3, -0.25) is 0 Å². The number of nitrogens with zero attached hydrogens (tertiary/aromatic N) is 1. The van der Waals surface area contributed by atoms with Gasteiger partial charge < -0.3 is 14.4 Å². The van der Waals surface area contributed by atoms with Gasteiger partial charge in [-0.25, -0.2) is 0 Å². The molecule has 0 spiro atoms. The summed E-state index contributed by atoms with van der Waals surface area (Å²) in [6.07, 6.45) is 2.38. The van der Waals surface area contributed by atoms with E-state index < -0.39 is 0 Å². The van der Waals surface area contributed by atoms with Gasteiger partial charge in [0, 0.05) is 28.1 Å². The van der Waals surface area contributed by atoms with Gasteiger partial charge in [-0.2, -0.15) is 0 Å². The number of hydrogen-bond donors (Lipinski definition) is 0. The molecule has 0 atom stereocenters. The van der Waals surface area contributed by atoms with Crippen molar-refractivity contribution >= 4 is 44.7 Å². The van der Waals surface area contributed by atoms with Crippen LogP contribution >= 0.6 is 39.7 Å². The number of ether oxygens (including phenoxy) is 2. The van der Waals surface area contributed by atoms with Gasteiger partial charge in [0.2, 0.25) is 0 Å². The molecule has 0 amide bonds. The van der Waals surface area contributed by atoms with Gasteiger partial charge in [0.15, 0.2) is 11.5 Å². The van der Waals surface area contributed by atoms with Crippen LogP contribution in [0, 0.1) is 0 Å².